The van der Waals surface area contributed by atoms with Crippen LogP contribution in [0.1, 0.15) is 19.3 Å². The molecular weight excluding hydrogens is 361 g/mol. The molecule has 4 heterocycles. The molecule has 0 aliphatic carbocycles. The van der Waals surface area contributed by atoms with E-state index in [4.69, 9.17) is 0 Å². The van der Waals surface area contributed by atoms with Gasteiger partial charge in [-0.3, -0.25) is 14.5 Å². The third-order valence-corrected chi connectivity index (χ3v) is 6.04. The molecule has 152 valence electrons. The van der Waals surface area contributed by atoms with Crippen LogP contribution in [0.3, 0.4) is 0 Å². The molecule has 3 fully saturated rings. The van der Waals surface area contributed by atoms with Gasteiger partial charge in [0.1, 0.15) is 12.0 Å². The van der Waals surface area contributed by atoms with Gasteiger partial charge in [0.05, 0.1) is 19.1 Å². The lowest BCUT2D eigenvalue weighted by molar-refractivity contribution is -0.138. The standard InChI is InChI=1S/C20H28FN5O2/c21-16-6-9-26(14-16)20(28)17-4-3-8-25(17)15-19(27)24-12-10-23(11-13-24)18-5-1-2-7-22-18/h1-2,5,7,16-17H,3-4,6,8-15H2. The fourth-order valence-corrected chi connectivity index (χ4v) is 4.42. The van der Waals surface area contributed by atoms with Crippen LogP contribution in [0.15, 0.2) is 24.4 Å². The van der Waals surface area contributed by atoms with E-state index in [-0.39, 0.29) is 30.9 Å². The Morgan fingerprint density at radius 3 is 2.54 bits per heavy atom. The minimum Gasteiger partial charge on any atom is -0.353 e. The lowest BCUT2D eigenvalue weighted by Crippen LogP contribution is -2.53. The number of carbonyl (C=O) groups excluding carboxylic acids is 2. The van der Waals surface area contributed by atoms with Crippen LogP contribution in [-0.4, -0.2) is 96.1 Å². The Morgan fingerprint density at radius 1 is 1.04 bits per heavy atom. The van der Waals surface area contributed by atoms with Gasteiger partial charge in [-0.1, -0.05) is 6.07 Å². The molecule has 0 aromatic carbocycles. The molecule has 8 heteroatoms. The molecule has 2 amide bonds. The van der Waals surface area contributed by atoms with Gasteiger partial charge in [-0.15, -0.1) is 0 Å². The second-order valence-electron chi connectivity index (χ2n) is 7.85. The minimum atomic E-state index is -0.907. The summed E-state index contributed by atoms with van der Waals surface area (Å²) in [5.41, 5.74) is 0. The first kappa shape index (κ1) is 19.1. The van der Waals surface area contributed by atoms with Crippen LogP contribution >= 0.6 is 0 Å². The average Bonchev–Trinajstić information content (AvgIpc) is 3.37. The highest BCUT2D eigenvalue weighted by Gasteiger charge is 2.38. The van der Waals surface area contributed by atoms with Gasteiger partial charge in [-0.2, -0.15) is 0 Å². The summed E-state index contributed by atoms with van der Waals surface area (Å²) in [6.07, 6.45) is 2.97. The van der Waals surface area contributed by atoms with Gasteiger partial charge in [0.2, 0.25) is 11.8 Å². The van der Waals surface area contributed by atoms with Gasteiger partial charge in [-0.05, 0) is 37.9 Å². The molecule has 0 N–H and O–H groups in total. The van der Waals surface area contributed by atoms with Crippen molar-refractivity contribution in [1.29, 1.82) is 0 Å². The number of pyridine rings is 1. The number of aromatic nitrogens is 1. The smallest absolute Gasteiger partial charge is 0.240 e. The van der Waals surface area contributed by atoms with E-state index in [0.29, 0.717) is 26.1 Å². The van der Waals surface area contributed by atoms with Crippen LogP contribution in [0.5, 0.6) is 0 Å². The molecule has 1 aromatic rings. The number of halogens is 1. The zero-order valence-electron chi connectivity index (χ0n) is 16.2. The Balaban J connectivity index is 1.29. The van der Waals surface area contributed by atoms with E-state index < -0.39 is 6.17 Å². The first-order valence-corrected chi connectivity index (χ1v) is 10.2. The van der Waals surface area contributed by atoms with Crippen LogP contribution in [0, 0.1) is 0 Å². The molecule has 4 rings (SSSR count). The quantitative estimate of drug-likeness (QED) is 0.761. The zero-order chi connectivity index (χ0) is 19.5. The Morgan fingerprint density at radius 2 is 1.86 bits per heavy atom. The van der Waals surface area contributed by atoms with Crippen molar-refractivity contribution in [3.05, 3.63) is 24.4 Å². The van der Waals surface area contributed by atoms with Gasteiger partial charge in [0, 0.05) is 38.9 Å². The molecule has 3 aliphatic heterocycles. The van der Waals surface area contributed by atoms with Gasteiger partial charge in [0.25, 0.3) is 0 Å². The predicted molar refractivity (Wildman–Crippen MR) is 104 cm³/mol. The van der Waals surface area contributed by atoms with Crippen LogP contribution < -0.4 is 4.90 Å². The van der Waals surface area contributed by atoms with Gasteiger partial charge >= 0.3 is 0 Å². The number of nitrogens with zero attached hydrogens (tertiary/aromatic N) is 5. The first-order chi connectivity index (χ1) is 13.6. The highest BCUT2D eigenvalue weighted by atomic mass is 19.1. The number of amides is 2. The largest absolute Gasteiger partial charge is 0.353 e. The van der Waals surface area contributed by atoms with E-state index in [1.807, 2.05) is 28.0 Å². The molecule has 2 atom stereocenters. The fraction of sp³-hybridized carbons (Fsp3) is 0.650. The maximum absolute atomic E-state index is 13.4. The molecule has 28 heavy (non-hydrogen) atoms. The second-order valence-corrected chi connectivity index (χ2v) is 7.85. The van der Waals surface area contributed by atoms with Crippen LogP contribution in [0.25, 0.3) is 0 Å². The molecule has 3 aliphatic rings. The Kier molecular flexibility index (Phi) is 5.75. The van der Waals surface area contributed by atoms with Crippen LogP contribution in [0.4, 0.5) is 10.2 Å². The molecule has 0 spiro atoms. The summed E-state index contributed by atoms with van der Waals surface area (Å²) < 4.78 is 13.4. The highest BCUT2D eigenvalue weighted by molar-refractivity contribution is 5.84. The van der Waals surface area contributed by atoms with Gasteiger partial charge in [-0.25, -0.2) is 9.37 Å². The van der Waals surface area contributed by atoms with Crippen molar-refractivity contribution in [2.24, 2.45) is 0 Å². The fourth-order valence-electron chi connectivity index (χ4n) is 4.42. The summed E-state index contributed by atoms with van der Waals surface area (Å²) in [6, 6.07) is 5.57. The molecule has 1 aromatic heterocycles. The first-order valence-electron chi connectivity index (χ1n) is 10.2. The minimum absolute atomic E-state index is 0.00887. The maximum Gasteiger partial charge on any atom is 0.240 e. The zero-order valence-corrected chi connectivity index (χ0v) is 16.2. The molecule has 3 saturated heterocycles. The number of rotatable bonds is 4. The topological polar surface area (TPSA) is 60.0 Å². The highest BCUT2D eigenvalue weighted by Crippen LogP contribution is 2.23. The number of anilines is 1. The molecule has 7 nitrogen and oxygen atoms in total. The Labute approximate surface area is 165 Å². The van der Waals surface area contributed by atoms with Crippen molar-refractivity contribution in [2.45, 2.75) is 31.5 Å². The number of alkyl halides is 1. The summed E-state index contributed by atoms with van der Waals surface area (Å²) in [5.74, 6) is 1.01. The normalized spacial score (nSPS) is 26.1. The number of hydrogen-bond donors (Lipinski definition) is 0. The van der Waals surface area contributed by atoms with E-state index in [9.17, 15) is 14.0 Å². The SMILES string of the molecule is O=C(CN1CCCC1C(=O)N1CCC(F)C1)N1CCN(c2ccccn2)CC1. The summed E-state index contributed by atoms with van der Waals surface area (Å²) in [6.45, 7) is 4.57. The van der Waals surface area contributed by atoms with E-state index in [1.165, 1.54) is 0 Å². The van der Waals surface area contributed by atoms with Crippen LogP contribution in [-0.2, 0) is 9.59 Å². The molecule has 0 bridgehead atoms. The third-order valence-electron chi connectivity index (χ3n) is 6.04. The molecular formula is C20H28FN5O2. The number of likely N-dealkylation sites (tertiary alicyclic amines) is 2. The Bertz CT molecular complexity index is 695. The van der Waals surface area contributed by atoms with E-state index >= 15 is 0 Å². The van der Waals surface area contributed by atoms with Crippen molar-refractivity contribution in [2.75, 3.05) is 57.3 Å². The molecule has 0 saturated carbocycles. The number of carbonyl (C=O) groups is 2. The van der Waals surface area contributed by atoms with Crippen molar-refractivity contribution < 1.29 is 14.0 Å². The Hall–Kier alpha value is -2.22. The summed E-state index contributed by atoms with van der Waals surface area (Å²) in [7, 11) is 0. The van der Waals surface area contributed by atoms with Crippen LogP contribution in [0.2, 0.25) is 0 Å². The monoisotopic (exact) mass is 389 g/mol. The number of hydrogen-bond acceptors (Lipinski definition) is 5. The summed E-state index contributed by atoms with van der Waals surface area (Å²) >= 11 is 0. The number of piperazine rings is 1. The van der Waals surface area contributed by atoms with E-state index in [2.05, 4.69) is 9.88 Å². The van der Waals surface area contributed by atoms with E-state index in [0.717, 1.165) is 38.3 Å². The van der Waals surface area contributed by atoms with Crippen molar-refractivity contribution >= 4 is 17.6 Å². The second kappa shape index (κ2) is 8.43. The van der Waals surface area contributed by atoms with Gasteiger partial charge < -0.3 is 14.7 Å². The lowest BCUT2D eigenvalue weighted by atomic mass is 10.2. The average molecular weight is 389 g/mol. The molecule has 2 unspecified atom stereocenters. The maximum atomic E-state index is 13.4. The van der Waals surface area contributed by atoms with Crippen molar-refractivity contribution in [3.8, 4) is 0 Å². The predicted octanol–water partition coefficient (Wildman–Crippen LogP) is 0.765. The summed E-state index contributed by atoms with van der Waals surface area (Å²) in [4.78, 5) is 37.6. The van der Waals surface area contributed by atoms with E-state index in [1.54, 1.807) is 11.1 Å². The van der Waals surface area contributed by atoms with Crippen molar-refractivity contribution in [3.63, 3.8) is 0 Å². The lowest BCUT2D eigenvalue weighted by Gasteiger charge is -2.36. The third kappa shape index (κ3) is 4.11. The van der Waals surface area contributed by atoms with Gasteiger partial charge in [0.15, 0.2) is 0 Å². The van der Waals surface area contributed by atoms with Crippen molar-refractivity contribution in [1.82, 2.24) is 19.7 Å². The molecule has 0 radical (unpaired) electrons. The summed E-state index contributed by atoms with van der Waals surface area (Å²) in [5, 5.41) is 0.